The minimum atomic E-state index is -0.671. The normalized spacial score (nSPS) is 10.5. The quantitative estimate of drug-likeness (QED) is 0.807. The summed E-state index contributed by atoms with van der Waals surface area (Å²) in [6.45, 7) is 0. The van der Waals surface area contributed by atoms with Gasteiger partial charge in [-0.2, -0.15) is 0 Å². The summed E-state index contributed by atoms with van der Waals surface area (Å²) in [5.74, 6) is -0.450. The lowest BCUT2D eigenvalue weighted by Gasteiger charge is -2.02. The van der Waals surface area contributed by atoms with Crippen molar-refractivity contribution >= 4 is 17.5 Å². The lowest BCUT2D eigenvalue weighted by molar-refractivity contribution is -0.115. The summed E-state index contributed by atoms with van der Waals surface area (Å²) < 4.78 is 5.14. The topological polar surface area (TPSA) is 98.2 Å². The number of nitrogens with zero attached hydrogens (tertiary/aromatic N) is 1. The Labute approximate surface area is 108 Å². The molecule has 0 aliphatic rings. The van der Waals surface area contributed by atoms with Crippen LogP contribution in [-0.4, -0.2) is 16.8 Å². The van der Waals surface area contributed by atoms with Gasteiger partial charge in [-0.3, -0.25) is 9.59 Å². The van der Waals surface area contributed by atoms with Crippen LogP contribution in [0.4, 0.5) is 5.69 Å². The molecule has 2 aromatic rings. The third kappa shape index (κ3) is 3.53. The number of hydrogen-bond donors (Lipinski definition) is 2. The smallest absolute Gasteiger partial charge is 0.248 e. The van der Waals surface area contributed by atoms with Crippen LogP contribution in [0.2, 0.25) is 0 Å². The van der Waals surface area contributed by atoms with Gasteiger partial charge >= 0.3 is 0 Å². The van der Waals surface area contributed by atoms with Crippen LogP contribution in [0, 0.1) is 0 Å². The number of hydrogen-bond acceptors (Lipinski definition) is 4. The van der Waals surface area contributed by atoms with Crippen LogP contribution in [0.5, 0.6) is 0 Å². The van der Waals surface area contributed by atoms with Gasteiger partial charge in [0.25, 0.3) is 0 Å². The molecule has 1 heterocycles. The van der Waals surface area contributed by atoms with E-state index < -0.39 is 11.8 Å². The molecule has 0 radical (unpaired) electrons. The first-order valence-corrected chi connectivity index (χ1v) is 5.42. The predicted octanol–water partition coefficient (Wildman–Crippen LogP) is 1.32. The van der Waals surface area contributed by atoms with Crippen molar-refractivity contribution in [3.8, 4) is 11.3 Å². The first-order chi connectivity index (χ1) is 9.15. The Bertz CT molecular complexity index is 601. The van der Waals surface area contributed by atoms with Crippen molar-refractivity contribution in [1.82, 2.24) is 4.98 Å². The van der Waals surface area contributed by atoms with Gasteiger partial charge in [-0.15, -0.1) is 0 Å². The van der Waals surface area contributed by atoms with Gasteiger partial charge in [0.1, 0.15) is 0 Å². The summed E-state index contributed by atoms with van der Waals surface area (Å²) in [4.78, 5) is 25.7. The number of amides is 2. The van der Waals surface area contributed by atoms with E-state index in [1.54, 1.807) is 30.5 Å². The van der Waals surface area contributed by atoms with E-state index in [2.05, 4.69) is 10.3 Å². The maximum absolute atomic E-state index is 11.4. The fraction of sp³-hybridized carbons (Fsp3) is 0. The molecule has 0 unspecified atom stereocenters. The Balaban J connectivity index is 2.03. The molecular formula is C13H11N3O3. The molecule has 3 N–H and O–H groups in total. The van der Waals surface area contributed by atoms with Gasteiger partial charge in [0.05, 0.1) is 6.20 Å². The highest BCUT2D eigenvalue weighted by Crippen LogP contribution is 2.20. The zero-order valence-electron chi connectivity index (χ0n) is 9.87. The number of carbonyl (C=O) groups is 2. The van der Waals surface area contributed by atoms with Crippen LogP contribution in [0.1, 0.15) is 0 Å². The lowest BCUT2D eigenvalue weighted by Crippen LogP contribution is -2.11. The average Bonchev–Trinajstić information content (AvgIpc) is 2.91. The molecular weight excluding hydrogens is 246 g/mol. The number of oxazole rings is 1. The number of nitrogens with two attached hydrogens (primary N) is 1. The van der Waals surface area contributed by atoms with Crippen molar-refractivity contribution < 1.29 is 14.0 Å². The molecule has 6 nitrogen and oxygen atoms in total. The second-order valence-electron chi connectivity index (χ2n) is 3.67. The summed E-state index contributed by atoms with van der Waals surface area (Å²) >= 11 is 0. The maximum Gasteiger partial charge on any atom is 0.248 e. The Morgan fingerprint density at radius 2 is 1.95 bits per heavy atom. The van der Waals surface area contributed by atoms with E-state index in [1.807, 2.05) is 0 Å². The number of benzene rings is 1. The largest absolute Gasteiger partial charge is 0.444 e. The number of nitrogens with one attached hydrogen (secondary N) is 1. The molecule has 0 aliphatic carbocycles. The summed E-state index contributed by atoms with van der Waals surface area (Å²) in [6, 6.07) is 7.00. The van der Waals surface area contributed by atoms with Crippen molar-refractivity contribution in [1.29, 1.82) is 0 Å². The van der Waals surface area contributed by atoms with Gasteiger partial charge < -0.3 is 15.5 Å². The second kappa shape index (κ2) is 5.63. The molecule has 6 heteroatoms. The Morgan fingerprint density at radius 3 is 2.53 bits per heavy atom. The molecule has 0 atom stereocenters. The standard InChI is InChI=1S/C13H11N3O3/c14-12(17)5-6-13(18)16-10-3-1-9(2-4-10)11-7-15-8-19-11/h1-8H,(H2,14,17)(H,16,18). The van der Waals surface area contributed by atoms with Crippen LogP contribution < -0.4 is 11.1 Å². The maximum atomic E-state index is 11.4. The third-order valence-corrected chi connectivity index (χ3v) is 2.27. The third-order valence-electron chi connectivity index (χ3n) is 2.27. The molecule has 0 bridgehead atoms. The summed E-state index contributed by atoms with van der Waals surface area (Å²) in [5, 5.41) is 2.59. The van der Waals surface area contributed by atoms with Crippen molar-refractivity contribution in [2.75, 3.05) is 5.32 Å². The molecule has 19 heavy (non-hydrogen) atoms. The SMILES string of the molecule is NC(=O)C=CC(=O)Nc1ccc(-c2cnco2)cc1. The molecule has 0 fully saturated rings. The highest BCUT2D eigenvalue weighted by Gasteiger charge is 2.02. The molecule has 96 valence electrons. The van der Waals surface area contributed by atoms with Gasteiger partial charge in [-0.05, 0) is 24.3 Å². The van der Waals surface area contributed by atoms with E-state index in [9.17, 15) is 9.59 Å². The molecule has 2 amide bonds. The Hall–Kier alpha value is -2.89. The van der Waals surface area contributed by atoms with Crippen LogP contribution >= 0.6 is 0 Å². The number of carbonyl (C=O) groups excluding carboxylic acids is 2. The van der Waals surface area contributed by atoms with Gasteiger partial charge in [0, 0.05) is 23.4 Å². The van der Waals surface area contributed by atoms with E-state index in [1.165, 1.54) is 6.39 Å². The van der Waals surface area contributed by atoms with Gasteiger partial charge in [-0.25, -0.2) is 4.98 Å². The highest BCUT2D eigenvalue weighted by atomic mass is 16.3. The first-order valence-electron chi connectivity index (χ1n) is 5.42. The number of primary amides is 1. The van der Waals surface area contributed by atoms with Gasteiger partial charge in [0.15, 0.2) is 12.2 Å². The van der Waals surface area contributed by atoms with Crippen LogP contribution in [-0.2, 0) is 9.59 Å². The number of aromatic nitrogens is 1. The van der Waals surface area contributed by atoms with E-state index in [0.717, 1.165) is 17.7 Å². The fourth-order valence-corrected chi connectivity index (χ4v) is 1.42. The average molecular weight is 257 g/mol. The monoisotopic (exact) mass is 257 g/mol. The molecule has 0 spiro atoms. The number of rotatable bonds is 4. The molecule has 0 saturated heterocycles. The van der Waals surface area contributed by atoms with Crippen molar-refractivity contribution in [2.24, 2.45) is 5.73 Å². The predicted molar refractivity (Wildman–Crippen MR) is 68.9 cm³/mol. The van der Waals surface area contributed by atoms with E-state index in [4.69, 9.17) is 10.2 Å². The molecule has 1 aromatic carbocycles. The van der Waals surface area contributed by atoms with E-state index in [0.29, 0.717) is 11.4 Å². The van der Waals surface area contributed by atoms with E-state index >= 15 is 0 Å². The van der Waals surface area contributed by atoms with Gasteiger partial charge in [0.2, 0.25) is 11.8 Å². The van der Waals surface area contributed by atoms with Crippen molar-refractivity contribution in [2.45, 2.75) is 0 Å². The molecule has 0 saturated carbocycles. The minimum absolute atomic E-state index is 0.425. The van der Waals surface area contributed by atoms with Crippen LogP contribution in [0.15, 0.2) is 53.4 Å². The highest BCUT2D eigenvalue weighted by molar-refractivity contribution is 6.03. The van der Waals surface area contributed by atoms with Crippen molar-refractivity contribution in [3.05, 3.63) is 49.0 Å². The van der Waals surface area contributed by atoms with E-state index in [-0.39, 0.29) is 0 Å². The second-order valence-corrected chi connectivity index (χ2v) is 3.67. The zero-order valence-corrected chi connectivity index (χ0v) is 9.87. The van der Waals surface area contributed by atoms with Crippen LogP contribution in [0.25, 0.3) is 11.3 Å². The Morgan fingerprint density at radius 1 is 1.21 bits per heavy atom. The lowest BCUT2D eigenvalue weighted by atomic mass is 10.1. The van der Waals surface area contributed by atoms with Crippen molar-refractivity contribution in [3.63, 3.8) is 0 Å². The molecule has 0 aliphatic heterocycles. The number of anilines is 1. The van der Waals surface area contributed by atoms with Gasteiger partial charge in [-0.1, -0.05) is 0 Å². The Kier molecular flexibility index (Phi) is 3.72. The minimum Gasteiger partial charge on any atom is -0.444 e. The summed E-state index contributed by atoms with van der Waals surface area (Å²) in [7, 11) is 0. The molecule has 2 rings (SSSR count). The fourth-order valence-electron chi connectivity index (χ4n) is 1.42. The summed E-state index contributed by atoms with van der Waals surface area (Å²) in [6.07, 6.45) is 5.02. The summed E-state index contributed by atoms with van der Waals surface area (Å²) in [5.41, 5.74) is 6.34. The zero-order chi connectivity index (χ0) is 13.7. The molecule has 1 aromatic heterocycles. The van der Waals surface area contributed by atoms with Crippen LogP contribution in [0.3, 0.4) is 0 Å². The first kappa shape index (κ1) is 12.6.